The summed E-state index contributed by atoms with van der Waals surface area (Å²) in [5, 5.41) is 8.92. The Balaban J connectivity index is 1.89. The molecule has 5 heteroatoms. The lowest BCUT2D eigenvalue weighted by atomic mass is 10.0. The molecule has 26 heavy (non-hydrogen) atoms. The molecule has 2 aromatic carbocycles. The second-order valence-electron chi connectivity index (χ2n) is 6.51. The molecule has 0 spiro atoms. The Hall–Kier alpha value is -3.05. The maximum Gasteiger partial charge on any atom is 0.283 e. The first-order valence-electron chi connectivity index (χ1n) is 8.39. The minimum Gasteiger partial charge on any atom is -0.267 e. The van der Waals surface area contributed by atoms with Gasteiger partial charge in [0.2, 0.25) is 0 Å². The molecule has 4 nitrogen and oxygen atoms in total. The summed E-state index contributed by atoms with van der Waals surface area (Å²) >= 11 is 1.50. The number of nitrogens with zero attached hydrogens (tertiary/aromatic N) is 3. The van der Waals surface area contributed by atoms with E-state index in [1.807, 2.05) is 29.6 Å². The quantitative estimate of drug-likeness (QED) is 0.407. The van der Waals surface area contributed by atoms with Gasteiger partial charge in [0.25, 0.3) is 5.56 Å². The highest BCUT2D eigenvalue weighted by Gasteiger charge is 2.16. The van der Waals surface area contributed by atoms with Crippen molar-refractivity contribution in [1.29, 1.82) is 0 Å². The topological polar surface area (TPSA) is 47.3 Å². The predicted molar refractivity (Wildman–Crippen MR) is 107 cm³/mol. The number of rotatable bonds is 1. The summed E-state index contributed by atoms with van der Waals surface area (Å²) in [4.78, 5) is 18.7. The molecule has 0 unspecified atom stereocenters. The minimum absolute atomic E-state index is 0.120. The summed E-state index contributed by atoms with van der Waals surface area (Å²) in [5.74, 6) is 0. The number of benzene rings is 2. The Morgan fingerprint density at radius 1 is 1.04 bits per heavy atom. The number of thiophene rings is 1. The molecule has 0 aliphatic carbocycles. The van der Waals surface area contributed by atoms with Gasteiger partial charge in [-0.1, -0.05) is 42.5 Å². The van der Waals surface area contributed by atoms with Gasteiger partial charge in [0, 0.05) is 21.7 Å². The fraction of sp³-hybridized carbons (Fsp3) is 0.0952. The van der Waals surface area contributed by atoms with Crippen molar-refractivity contribution in [2.45, 2.75) is 13.8 Å². The Kier molecular flexibility index (Phi) is 3.21. The van der Waals surface area contributed by atoms with Crippen molar-refractivity contribution in [2.24, 2.45) is 0 Å². The first kappa shape index (κ1) is 15.2. The van der Waals surface area contributed by atoms with Gasteiger partial charge in [-0.2, -0.15) is 9.61 Å². The second-order valence-corrected chi connectivity index (χ2v) is 7.37. The molecule has 0 N–H and O–H groups in total. The fourth-order valence-corrected chi connectivity index (χ4v) is 4.26. The molecule has 3 aromatic heterocycles. The largest absolute Gasteiger partial charge is 0.283 e. The van der Waals surface area contributed by atoms with Crippen molar-refractivity contribution < 1.29 is 0 Å². The van der Waals surface area contributed by atoms with Crippen molar-refractivity contribution >= 4 is 38.0 Å². The lowest BCUT2D eigenvalue weighted by molar-refractivity contribution is 0.893. The normalized spacial score (nSPS) is 11.6. The monoisotopic (exact) mass is 357 g/mol. The highest BCUT2D eigenvalue weighted by molar-refractivity contribution is 7.17. The number of aromatic nitrogens is 3. The summed E-state index contributed by atoms with van der Waals surface area (Å²) < 4.78 is 1.42. The summed E-state index contributed by atoms with van der Waals surface area (Å²) in [5.41, 5.74) is 4.90. The third kappa shape index (κ3) is 2.10. The van der Waals surface area contributed by atoms with Crippen LogP contribution in [0.1, 0.15) is 11.1 Å². The van der Waals surface area contributed by atoms with E-state index in [9.17, 15) is 4.79 Å². The van der Waals surface area contributed by atoms with Crippen LogP contribution in [0.25, 0.3) is 37.8 Å². The zero-order chi connectivity index (χ0) is 17.8. The molecular weight excluding hydrogens is 342 g/mol. The summed E-state index contributed by atoms with van der Waals surface area (Å²) in [6, 6.07) is 14.1. The molecule has 126 valence electrons. The number of aryl methyl sites for hydroxylation is 2. The van der Waals surface area contributed by atoms with Crippen LogP contribution in [0.4, 0.5) is 0 Å². The molecule has 0 saturated heterocycles. The average Bonchev–Trinajstić information content (AvgIpc) is 3.08. The Morgan fingerprint density at radius 3 is 2.73 bits per heavy atom. The number of hydrogen-bond acceptors (Lipinski definition) is 4. The van der Waals surface area contributed by atoms with E-state index in [1.165, 1.54) is 27.0 Å². The number of fused-ring (bicyclic) bond motifs is 4. The molecule has 0 bridgehead atoms. The van der Waals surface area contributed by atoms with Crippen molar-refractivity contribution in [2.75, 3.05) is 0 Å². The molecule has 5 aromatic rings. The number of hydrogen-bond donors (Lipinski definition) is 0. The summed E-state index contributed by atoms with van der Waals surface area (Å²) in [6.45, 7) is 4.17. The molecule has 5 rings (SSSR count). The van der Waals surface area contributed by atoms with Gasteiger partial charge in [0.05, 0.1) is 11.6 Å². The van der Waals surface area contributed by atoms with Crippen LogP contribution >= 0.6 is 11.3 Å². The van der Waals surface area contributed by atoms with E-state index in [4.69, 9.17) is 4.98 Å². The first-order chi connectivity index (χ1) is 12.6. The Labute approximate surface area is 153 Å². The SMILES string of the molecule is Cc1ccc(-c2csc3nc4c5ccccc5cnn4c(=O)c23)cc1C. The van der Waals surface area contributed by atoms with Crippen LogP contribution in [0.3, 0.4) is 0 Å². The van der Waals surface area contributed by atoms with E-state index in [0.717, 1.165) is 26.7 Å². The van der Waals surface area contributed by atoms with Gasteiger partial charge in [-0.25, -0.2) is 4.98 Å². The molecule has 0 atom stereocenters. The molecule has 0 fully saturated rings. The van der Waals surface area contributed by atoms with Crippen LogP contribution in [0.2, 0.25) is 0 Å². The third-order valence-corrected chi connectivity index (χ3v) is 5.79. The second kappa shape index (κ2) is 5.47. The first-order valence-corrected chi connectivity index (χ1v) is 9.27. The van der Waals surface area contributed by atoms with Crippen LogP contribution in [-0.4, -0.2) is 14.6 Å². The van der Waals surface area contributed by atoms with Crippen LogP contribution in [0, 0.1) is 13.8 Å². The Bertz CT molecular complexity index is 1380. The molecule has 0 amide bonds. The Morgan fingerprint density at radius 2 is 1.88 bits per heavy atom. The molecule has 0 saturated carbocycles. The van der Waals surface area contributed by atoms with Crippen molar-refractivity contribution in [3.8, 4) is 11.1 Å². The van der Waals surface area contributed by atoms with Crippen molar-refractivity contribution in [3.63, 3.8) is 0 Å². The maximum absolute atomic E-state index is 13.2. The predicted octanol–water partition coefficient (Wildman–Crippen LogP) is 4.74. The van der Waals surface area contributed by atoms with Gasteiger partial charge in [-0.15, -0.1) is 11.3 Å². The van der Waals surface area contributed by atoms with E-state index >= 15 is 0 Å². The molecule has 3 heterocycles. The van der Waals surface area contributed by atoms with E-state index in [-0.39, 0.29) is 5.56 Å². The zero-order valence-electron chi connectivity index (χ0n) is 14.4. The van der Waals surface area contributed by atoms with Gasteiger partial charge >= 0.3 is 0 Å². The van der Waals surface area contributed by atoms with E-state index < -0.39 is 0 Å². The molecular formula is C21H15N3OS. The standard InChI is InChI=1S/C21H15N3OS/c1-12-7-8-14(9-13(12)2)17-11-26-20-18(17)21(25)24-19(23-20)16-6-4-3-5-15(16)10-22-24/h3-11H,1-2H3. The highest BCUT2D eigenvalue weighted by Crippen LogP contribution is 2.32. The van der Waals surface area contributed by atoms with Gasteiger partial charge in [0.15, 0.2) is 5.65 Å². The minimum atomic E-state index is -0.120. The molecule has 0 radical (unpaired) electrons. The van der Waals surface area contributed by atoms with Crippen molar-refractivity contribution in [3.05, 3.63) is 75.5 Å². The molecule has 0 aliphatic heterocycles. The molecule has 0 aliphatic rings. The van der Waals surface area contributed by atoms with Gasteiger partial charge in [-0.3, -0.25) is 4.79 Å². The van der Waals surface area contributed by atoms with Crippen LogP contribution < -0.4 is 5.56 Å². The van der Waals surface area contributed by atoms with Gasteiger partial charge in [0.1, 0.15) is 4.83 Å². The fourth-order valence-electron chi connectivity index (χ4n) is 3.32. The summed E-state index contributed by atoms with van der Waals surface area (Å²) in [6.07, 6.45) is 1.72. The lowest BCUT2D eigenvalue weighted by Crippen LogP contribution is -2.17. The van der Waals surface area contributed by atoms with Gasteiger partial charge in [-0.05, 0) is 30.5 Å². The highest BCUT2D eigenvalue weighted by atomic mass is 32.1. The average molecular weight is 357 g/mol. The zero-order valence-corrected chi connectivity index (χ0v) is 15.2. The van der Waals surface area contributed by atoms with Crippen LogP contribution in [0.15, 0.2) is 58.8 Å². The van der Waals surface area contributed by atoms with Crippen LogP contribution in [0.5, 0.6) is 0 Å². The lowest BCUT2D eigenvalue weighted by Gasteiger charge is -2.06. The summed E-state index contributed by atoms with van der Waals surface area (Å²) in [7, 11) is 0. The van der Waals surface area contributed by atoms with E-state index in [0.29, 0.717) is 11.0 Å². The van der Waals surface area contributed by atoms with Gasteiger partial charge < -0.3 is 0 Å². The third-order valence-electron chi connectivity index (χ3n) is 4.92. The maximum atomic E-state index is 13.2. The smallest absolute Gasteiger partial charge is 0.267 e. The van der Waals surface area contributed by atoms with Crippen molar-refractivity contribution in [1.82, 2.24) is 14.6 Å². The van der Waals surface area contributed by atoms with E-state index in [1.54, 1.807) is 6.20 Å². The van der Waals surface area contributed by atoms with E-state index in [2.05, 4.69) is 37.1 Å². The van der Waals surface area contributed by atoms with Crippen LogP contribution in [-0.2, 0) is 0 Å².